The van der Waals surface area contributed by atoms with Crippen molar-refractivity contribution in [3.8, 4) is 0 Å². The van der Waals surface area contributed by atoms with Gasteiger partial charge in [0.1, 0.15) is 11.9 Å². The van der Waals surface area contributed by atoms with Gasteiger partial charge in [0.15, 0.2) is 0 Å². The van der Waals surface area contributed by atoms with E-state index in [-0.39, 0.29) is 17.4 Å². The van der Waals surface area contributed by atoms with E-state index in [1.807, 2.05) is 39.0 Å². The summed E-state index contributed by atoms with van der Waals surface area (Å²) in [6.45, 7) is 5.53. The maximum atomic E-state index is 13.7. The van der Waals surface area contributed by atoms with Gasteiger partial charge in [-0.05, 0) is 36.6 Å². The molecule has 0 bridgehead atoms. The predicted octanol–water partition coefficient (Wildman–Crippen LogP) is 3.53. The summed E-state index contributed by atoms with van der Waals surface area (Å²) >= 11 is 0. The summed E-state index contributed by atoms with van der Waals surface area (Å²) in [5.74, 6) is -1.70. The van der Waals surface area contributed by atoms with Crippen LogP contribution in [0.5, 0.6) is 0 Å². The van der Waals surface area contributed by atoms with Crippen LogP contribution in [0.1, 0.15) is 29.8 Å². The number of carbonyl (C=O) groups is 2. The number of rotatable bonds is 5. The van der Waals surface area contributed by atoms with Gasteiger partial charge >= 0.3 is 0 Å². The molecule has 0 aliphatic heterocycles. The van der Waals surface area contributed by atoms with Crippen molar-refractivity contribution in [1.82, 2.24) is 5.32 Å². The molecule has 0 saturated carbocycles. The molecule has 5 heteroatoms. The number of amides is 2. The third kappa shape index (κ3) is 4.19. The fourth-order valence-electron chi connectivity index (χ4n) is 2.32. The van der Waals surface area contributed by atoms with Gasteiger partial charge in [0.05, 0.1) is 5.56 Å². The Hall–Kier alpha value is -2.69. The van der Waals surface area contributed by atoms with E-state index < -0.39 is 17.8 Å². The fourth-order valence-corrected chi connectivity index (χ4v) is 2.32. The molecule has 0 spiro atoms. The zero-order valence-corrected chi connectivity index (χ0v) is 14.0. The van der Waals surface area contributed by atoms with E-state index in [4.69, 9.17) is 0 Å². The smallest absolute Gasteiger partial charge is 0.254 e. The first-order chi connectivity index (χ1) is 11.4. The Labute approximate surface area is 141 Å². The normalized spacial score (nSPS) is 11.9. The van der Waals surface area contributed by atoms with Crippen LogP contribution in [0.25, 0.3) is 0 Å². The number of nitrogens with one attached hydrogen (secondary N) is 2. The van der Waals surface area contributed by atoms with Crippen molar-refractivity contribution in [2.45, 2.75) is 26.8 Å². The summed E-state index contributed by atoms with van der Waals surface area (Å²) in [7, 11) is 0. The lowest BCUT2D eigenvalue weighted by Crippen LogP contribution is -2.47. The van der Waals surface area contributed by atoms with Crippen molar-refractivity contribution in [3.05, 3.63) is 65.5 Å². The molecule has 1 atom stereocenters. The van der Waals surface area contributed by atoms with E-state index in [0.29, 0.717) is 5.69 Å². The lowest BCUT2D eigenvalue weighted by Gasteiger charge is -2.22. The lowest BCUT2D eigenvalue weighted by atomic mass is 10.0. The molecule has 126 valence electrons. The second-order valence-corrected chi connectivity index (χ2v) is 5.98. The fraction of sp³-hybridized carbons (Fsp3) is 0.263. The third-order valence-electron chi connectivity index (χ3n) is 3.76. The first-order valence-corrected chi connectivity index (χ1v) is 7.82. The van der Waals surface area contributed by atoms with E-state index in [9.17, 15) is 14.0 Å². The minimum Gasteiger partial charge on any atom is -0.340 e. The van der Waals surface area contributed by atoms with Crippen molar-refractivity contribution < 1.29 is 14.0 Å². The molecule has 0 radical (unpaired) electrons. The zero-order valence-electron chi connectivity index (χ0n) is 14.0. The highest BCUT2D eigenvalue weighted by atomic mass is 19.1. The molecule has 2 amide bonds. The van der Waals surface area contributed by atoms with E-state index in [0.717, 1.165) is 5.56 Å². The van der Waals surface area contributed by atoms with Gasteiger partial charge in [0.25, 0.3) is 5.91 Å². The first-order valence-electron chi connectivity index (χ1n) is 7.82. The Balaban J connectivity index is 2.15. The van der Waals surface area contributed by atoms with Crippen LogP contribution >= 0.6 is 0 Å². The number of anilines is 1. The summed E-state index contributed by atoms with van der Waals surface area (Å²) in [5, 5.41) is 5.44. The van der Waals surface area contributed by atoms with Crippen LogP contribution < -0.4 is 10.6 Å². The Morgan fingerprint density at radius 2 is 1.62 bits per heavy atom. The maximum absolute atomic E-state index is 13.7. The molecule has 2 aromatic carbocycles. The molecular weight excluding hydrogens is 307 g/mol. The van der Waals surface area contributed by atoms with E-state index >= 15 is 0 Å². The largest absolute Gasteiger partial charge is 0.340 e. The van der Waals surface area contributed by atoms with Gasteiger partial charge < -0.3 is 10.6 Å². The molecule has 0 heterocycles. The molecule has 0 unspecified atom stereocenters. The van der Waals surface area contributed by atoms with Gasteiger partial charge in [-0.15, -0.1) is 0 Å². The average molecular weight is 328 g/mol. The monoisotopic (exact) mass is 328 g/mol. The van der Waals surface area contributed by atoms with Gasteiger partial charge in [-0.1, -0.05) is 44.2 Å². The van der Waals surface area contributed by atoms with Gasteiger partial charge in [-0.3, -0.25) is 9.59 Å². The number of benzene rings is 2. The number of aryl methyl sites for hydroxylation is 1. The summed E-state index contributed by atoms with van der Waals surface area (Å²) in [6, 6.07) is 12.3. The van der Waals surface area contributed by atoms with Crippen molar-refractivity contribution in [1.29, 1.82) is 0 Å². The van der Waals surface area contributed by atoms with E-state index in [2.05, 4.69) is 10.6 Å². The summed E-state index contributed by atoms with van der Waals surface area (Å²) in [4.78, 5) is 24.8. The van der Waals surface area contributed by atoms with Crippen molar-refractivity contribution >= 4 is 17.5 Å². The molecule has 2 aromatic rings. The molecule has 24 heavy (non-hydrogen) atoms. The van der Waals surface area contributed by atoms with Gasteiger partial charge in [-0.2, -0.15) is 0 Å². The SMILES string of the molecule is Cc1ccccc1NC(=O)[C@@H](NC(=O)c1ccccc1F)C(C)C. The highest BCUT2D eigenvalue weighted by molar-refractivity contribution is 6.01. The average Bonchev–Trinajstić information content (AvgIpc) is 2.54. The number of hydrogen-bond acceptors (Lipinski definition) is 2. The second kappa shape index (κ2) is 7.73. The Morgan fingerprint density at radius 3 is 2.25 bits per heavy atom. The Bertz CT molecular complexity index is 744. The Morgan fingerprint density at radius 1 is 1.00 bits per heavy atom. The van der Waals surface area contributed by atoms with Crippen LogP contribution in [0.3, 0.4) is 0 Å². The zero-order chi connectivity index (χ0) is 17.7. The molecule has 4 nitrogen and oxygen atoms in total. The molecule has 0 fully saturated rings. The molecule has 0 aliphatic carbocycles. The van der Waals surface area contributed by atoms with Gasteiger partial charge in [0, 0.05) is 5.69 Å². The molecular formula is C19H21FN2O2. The topological polar surface area (TPSA) is 58.2 Å². The maximum Gasteiger partial charge on any atom is 0.254 e. The van der Waals surface area contributed by atoms with Crippen molar-refractivity contribution in [2.24, 2.45) is 5.92 Å². The molecule has 0 aliphatic rings. The van der Waals surface area contributed by atoms with Crippen LogP contribution in [-0.2, 0) is 4.79 Å². The standard InChI is InChI=1S/C19H21FN2O2/c1-12(2)17(19(24)21-16-11-7-4-8-13(16)3)22-18(23)14-9-5-6-10-15(14)20/h4-12,17H,1-3H3,(H,21,24)(H,22,23)/t17-/m0/s1. The predicted molar refractivity (Wildman–Crippen MR) is 92.3 cm³/mol. The van der Waals surface area contributed by atoms with E-state index in [1.165, 1.54) is 18.2 Å². The van der Waals surface area contributed by atoms with Gasteiger partial charge in [0.2, 0.25) is 5.91 Å². The lowest BCUT2D eigenvalue weighted by molar-refractivity contribution is -0.118. The third-order valence-corrected chi connectivity index (χ3v) is 3.76. The van der Waals surface area contributed by atoms with Gasteiger partial charge in [-0.25, -0.2) is 4.39 Å². The molecule has 2 N–H and O–H groups in total. The molecule has 0 saturated heterocycles. The summed E-state index contributed by atoms with van der Waals surface area (Å²) < 4.78 is 13.7. The Kier molecular flexibility index (Phi) is 5.68. The highest BCUT2D eigenvalue weighted by Gasteiger charge is 2.26. The number of carbonyl (C=O) groups excluding carboxylic acids is 2. The number of hydrogen-bond donors (Lipinski definition) is 2. The van der Waals surface area contributed by atoms with Crippen LogP contribution in [0.2, 0.25) is 0 Å². The number of para-hydroxylation sites is 1. The van der Waals surface area contributed by atoms with Crippen molar-refractivity contribution in [2.75, 3.05) is 5.32 Å². The van der Waals surface area contributed by atoms with Crippen LogP contribution in [0.15, 0.2) is 48.5 Å². The summed E-state index contributed by atoms with van der Waals surface area (Å²) in [5.41, 5.74) is 1.54. The highest BCUT2D eigenvalue weighted by Crippen LogP contribution is 2.15. The minimum atomic E-state index is -0.767. The first kappa shape index (κ1) is 17.7. The van der Waals surface area contributed by atoms with Crippen LogP contribution in [-0.4, -0.2) is 17.9 Å². The number of halogens is 1. The second-order valence-electron chi connectivity index (χ2n) is 5.98. The quantitative estimate of drug-likeness (QED) is 0.882. The minimum absolute atomic E-state index is 0.0770. The van der Waals surface area contributed by atoms with Crippen LogP contribution in [0.4, 0.5) is 10.1 Å². The van der Waals surface area contributed by atoms with E-state index in [1.54, 1.807) is 12.1 Å². The summed E-state index contributed by atoms with van der Waals surface area (Å²) in [6.07, 6.45) is 0. The van der Waals surface area contributed by atoms with Crippen molar-refractivity contribution in [3.63, 3.8) is 0 Å². The molecule has 0 aromatic heterocycles. The van der Waals surface area contributed by atoms with Crippen LogP contribution in [0, 0.1) is 18.7 Å². The molecule has 2 rings (SSSR count).